The lowest BCUT2D eigenvalue weighted by Gasteiger charge is -2.32. The Labute approximate surface area is 127 Å². The summed E-state index contributed by atoms with van der Waals surface area (Å²) in [5.74, 6) is 0. The molecule has 1 saturated heterocycles. The lowest BCUT2D eigenvalue weighted by Crippen LogP contribution is -2.47. The highest BCUT2D eigenvalue weighted by Crippen LogP contribution is 2.15. The fraction of sp³-hybridized carbons (Fsp3) is 0.600. The van der Waals surface area contributed by atoms with E-state index in [0.717, 1.165) is 32.5 Å². The van der Waals surface area contributed by atoms with Crippen LogP contribution in [-0.2, 0) is 16.6 Å². The Morgan fingerprint density at radius 1 is 1.29 bits per heavy atom. The Hall–Kier alpha value is -0.950. The zero-order chi connectivity index (χ0) is 15.3. The molecule has 1 aromatic rings. The van der Waals surface area contributed by atoms with Crippen molar-refractivity contribution in [1.82, 2.24) is 9.62 Å². The molecule has 1 aliphatic rings. The molecule has 1 unspecified atom stereocenters. The van der Waals surface area contributed by atoms with Crippen LogP contribution in [0.2, 0.25) is 0 Å². The zero-order valence-corrected chi connectivity index (χ0v) is 13.3. The van der Waals surface area contributed by atoms with Gasteiger partial charge in [0.05, 0.1) is 5.25 Å². The number of benzene rings is 1. The van der Waals surface area contributed by atoms with Gasteiger partial charge in [0.25, 0.3) is 0 Å². The van der Waals surface area contributed by atoms with Crippen LogP contribution in [0.25, 0.3) is 0 Å². The lowest BCUT2D eigenvalue weighted by molar-refractivity contribution is 0.200. The van der Waals surface area contributed by atoms with Gasteiger partial charge in [0.1, 0.15) is 0 Å². The molecule has 0 aromatic heterocycles. The summed E-state index contributed by atoms with van der Waals surface area (Å²) in [5.41, 5.74) is 6.74. The summed E-state index contributed by atoms with van der Waals surface area (Å²) in [6.07, 6.45) is 1.70. The van der Waals surface area contributed by atoms with Crippen molar-refractivity contribution in [3.63, 3.8) is 0 Å². The van der Waals surface area contributed by atoms with E-state index in [1.54, 1.807) is 6.92 Å². The maximum absolute atomic E-state index is 12.0. The number of hydrogen-bond acceptors (Lipinski definition) is 4. The smallest absolute Gasteiger partial charge is 0.215 e. The van der Waals surface area contributed by atoms with Crippen molar-refractivity contribution in [2.45, 2.75) is 37.6 Å². The first-order valence-electron chi connectivity index (χ1n) is 7.49. The van der Waals surface area contributed by atoms with Crippen molar-refractivity contribution in [2.24, 2.45) is 5.73 Å². The number of piperidine rings is 1. The monoisotopic (exact) mass is 311 g/mol. The number of nitrogens with one attached hydrogen (secondary N) is 1. The van der Waals surface area contributed by atoms with E-state index in [-0.39, 0.29) is 12.6 Å². The van der Waals surface area contributed by atoms with Crippen LogP contribution in [0.5, 0.6) is 0 Å². The number of likely N-dealkylation sites (tertiary alicyclic amines) is 1. The molecule has 1 heterocycles. The fourth-order valence-corrected chi connectivity index (χ4v) is 3.71. The van der Waals surface area contributed by atoms with E-state index in [4.69, 9.17) is 5.73 Å². The summed E-state index contributed by atoms with van der Waals surface area (Å²) < 4.78 is 26.8. The Morgan fingerprint density at radius 3 is 2.48 bits per heavy atom. The summed E-state index contributed by atoms with van der Waals surface area (Å²) in [6.45, 7) is 4.56. The van der Waals surface area contributed by atoms with Crippen LogP contribution < -0.4 is 10.5 Å². The maximum Gasteiger partial charge on any atom is 0.215 e. The SMILES string of the molecule is CC(CN)S(=O)(=O)NC1CCN(Cc2ccccc2)CC1. The van der Waals surface area contributed by atoms with Crippen LogP contribution >= 0.6 is 0 Å². The molecule has 3 N–H and O–H groups in total. The molecule has 2 rings (SSSR count). The first-order valence-corrected chi connectivity index (χ1v) is 9.03. The van der Waals surface area contributed by atoms with Crippen molar-refractivity contribution in [3.8, 4) is 0 Å². The van der Waals surface area contributed by atoms with E-state index in [9.17, 15) is 8.42 Å². The molecule has 0 saturated carbocycles. The van der Waals surface area contributed by atoms with Gasteiger partial charge in [-0.15, -0.1) is 0 Å². The summed E-state index contributed by atoms with van der Waals surface area (Å²) >= 11 is 0. The molecule has 6 heteroatoms. The van der Waals surface area contributed by atoms with Gasteiger partial charge >= 0.3 is 0 Å². The minimum absolute atomic E-state index is 0.0380. The van der Waals surface area contributed by atoms with Gasteiger partial charge in [-0.05, 0) is 25.3 Å². The molecule has 0 amide bonds. The number of rotatable bonds is 6. The molecule has 1 aliphatic heterocycles. The van der Waals surface area contributed by atoms with Gasteiger partial charge < -0.3 is 5.73 Å². The van der Waals surface area contributed by atoms with Crippen LogP contribution in [0.1, 0.15) is 25.3 Å². The average molecular weight is 311 g/mol. The van der Waals surface area contributed by atoms with Crippen molar-refractivity contribution in [3.05, 3.63) is 35.9 Å². The fourth-order valence-electron chi connectivity index (χ4n) is 2.53. The third-order valence-electron chi connectivity index (χ3n) is 4.03. The number of nitrogens with two attached hydrogens (primary N) is 1. The van der Waals surface area contributed by atoms with Crippen molar-refractivity contribution in [2.75, 3.05) is 19.6 Å². The molecule has 0 bridgehead atoms. The number of hydrogen-bond donors (Lipinski definition) is 2. The maximum atomic E-state index is 12.0. The summed E-state index contributed by atoms with van der Waals surface area (Å²) in [6, 6.07) is 10.4. The largest absolute Gasteiger partial charge is 0.329 e. The third-order valence-corrected chi connectivity index (χ3v) is 5.94. The molecule has 1 fully saturated rings. The van der Waals surface area contributed by atoms with Crippen molar-refractivity contribution >= 4 is 10.0 Å². The van der Waals surface area contributed by atoms with Crippen molar-refractivity contribution < 1.29 is 8.42 Å². The van der Waals surface area contributed by atoms with Gasteiger partial charge in [0.15, 0.2) is 0 Å². The predicted molar refractivity (Wildman–Crippen MR) is 85.3 cm³/mol. The van der Waals surface area contributed by atoms with E-state index in [1.165, 1.54) is 5.56 Å². The second kappa shape index (κ2) is 7.35. The van der Waals surface area contributed by atoms with Crippen LogP contribution in [0, 0.1) is 0 Å². The van der Waals surface area contributed by atoms with Crippen LogP contribution in [0.4, 0.5) is 0 Å². The molecule has 21 heavy (non-hydrogen) atoms. The molecule has 1 atom stereocenters. The number of nitrogens with zero attached hydrogens (tertiary/aromatic N) is 1. The molecule has 0 aliphatic carbocycles. The Bertz CT molecular complexity index is 525. The summed E-state index contributed by atoms with van der Waals surface area (Å²) in [5, 5.41) is -0.528. The van der Waals surface area contributed by atoms with Crippen LogP contribution in [0.15, 0.2) is 30.3 Å². The summed E-state index contributed by atoms with van der Waals surface area (Å²) in [4.78, 5) is 2.37. The minimum Gasteiger partial charge on any atom is -0.329 e. The first-order chi connectivity index (χ1) is 10.0. The Morgan fingerprint density at radius 2 is 1.90 bits per heavy atom. The van der Waals surface area contributed by atoms with E-state index in [0.29, 0.717) is 0 Å². The highest BCUT2D eigenvalue weighted by Gasteiger charge is 2.26. The molecule has 0 spiro atoms. The Kier molecular flexibility index (Phi) is 5.75. The number of sulfonamides is 1. The molecular formula is C15H25N3O2S. The quantitative estimate of drug-likeness (QED) is 0.819. The topological polar surface area (TPSA) is 75.4 Å². The second-order valence-electron chi connectivity index (χ2n) is 5.75. The van der Waals surface area contributed by atoms with Crippen LogP contribution in [0.3, 0.4) is 0 Å². The second-order valence-corrected chi connectivity index (χ2v) is 7.88. The molecule has 118 valence electrons. The van der Waals surface area contributed by atoms with E-state index < -0.39 is 15.3 Å². The lowest BCUT2D eigenvalue weighted by atomic mass is 10.1. The van der Waals surface area contributed by atoms with Gasteiger partial charge in [-0.3, -0.25) is 4.90 Å². The van der Waals surface area contributed by atoms with Gasteiger partial charge in [-0.1, -0.05) is 30.3 Å². The zero-order valence-electron chi connectivity index (χ0n) is 12.5. The normalized spacial score (nSPS) is 19.5. The third kappa shape index (κ3) is 4.78. The average Bonchev–Trinajstić information content (AvgIpc) is 2.49. The highest BCUT2D eigenvalue weighted by molar-refractivity contribution is 7.90. The van der Waals surface area contributed by atoms with Gasteiger partial charge in [-0.2, -0.15) is 0 Å². The van der Waals surface area contributed by atoms with Gasteiger partial charge in [0.2, 0.25) is 10.0 Å². The minimum atomic E-state index is -3.28. The molecule has 1 aromatic carbocycles. The van der Waals surface area contributed by atoms with Crippen molar-refractivity contribution in [1.29, 1.82) is 0 Å². The highest BCUT2D eigenvalue weighted by atomic mass is 32.2. The molecular weight excluding hydrogens is 286 g/mol. The summed E-state index contributed by atoms with van der Waals surface area (Å²) in [7, 11) is -3.28. The predicted octanol–water partition coefficient (Wildman–Crippen LogP) is 0.918. The van der Waals surface area contributed by atoms with E-state index >= 15 is 0 Å². The van der Waals surface area contributed by atoms with Gasteiger partial charge in [0, 0.05) is 32.2 Å². The first kappa shape index (κ1) is 16.4. The Balaban J connectivity index is 1.81. The molecule has 5 nitrogen and oxygen atoms in total. The van der Waals surface area contributed by atoms with E-state index in [1.807, 2.05) is 18.2 Å². The standard InChI is InChI=1S/C15H25N3O2S/c1-13(11-16)21(19,20)17-15-7-9-18(10-8-15)12-14-5-3-2-4-6-14/h2-6,13,15,17H,7-12,16H2,1H3. The van der Waals surface area contributed by atoms with Crippen LogP contribution in [-0.4, -0.2) is 44.2 Å². The van der Waals surface area contributed by atoms with E-state index in [2.05, 4.69) is 21.8 Å². The molecule has 0 radical (unpaired) electrons. The van der Waals surface area contributed by atoms with Gasteiger partial charge in [-0.25, -0.2) is 13.1 Å².